The highest BCUT2D eigenvalue weighted by Crippen LogP contribution is 2.54. The first kappa shape index (κ1) is 33.5. The van der Waals surface area contributed by atoms with Crippen molar-refractivity contribution in [1.29, 1.82) is 5.26 Å². The largest absolute Gasteiger partial charge is 0.345 e. The SMILES string of the molecule is CN(C)C(=O)C1=CC2CCc3cc(C(=O)N(C)C)ccc3C(CC3(NCC(=O)N4CCCC4C#N)CCCCC3)(c3nnn[nH]3)C2C=C1. The third-order valence-corrected chi connectivity index (χ3v) is 11.1. The molecule has 2 N–H and O–H groups in total. The van der Waals surface area contributed by atoms with Crippen LogP contribution in [0.15, 0.2) is 42.0 Å². The molecule has 254 valence electrons. The van der Waals surface area contributed by atoms with Crippen LogP contribution in [-0.4, -0.2) is 106 Å². The molecule has 2 aromatic rings. The summed E-state index contributed by atoms with van der Waals surface area (Å²) in [7, 11) is 7.04. The number of hydrogen-bond donors (Lipinski definition) is 2. The molecule has 48 heavy (non-hydrogen) atoms. The third-order valence-electron chi connectivity index (χ3n) is 11.1. The minimum Gasteiger partial charge on any atom is -0.345 e. The van der Waals surface area contributed by atoms with Crippen LogP contribution in [0.4, 0.5) is 0 Å². The van der Waals surface area contributed by atoms with Crippen molar-refractivity contribution in [2.24, 2.45) is 11.8 Å². The number of carbonyl (C=O) groups excluding carboxylic acids is 3. The Balaban J connectivity index is 1.48. The fraction of sp³-hybridized carbons (Fsp3) is 0.583. The number of carbonyl (C=O) groups is 3. The van der Waals surface area contributed by atoms with Gasteiger partial charge in [0, 0.05) is 57.3 Å². The first-order valence-electron chi connectivity index (χ1n) is 17.2. The van der Waals surface area contributed by atoms with E-state index in [4.69, 9.17) is 0 Å². The molecule has 3 amide bonds. The number of nitrogens with one attached hydrogen (secondary N) is 2. The molecule has 0 bridgehead atoms. The molecule has 1 aromatic heterocycles. The molecule has 4 atom stereocenters. The standard InChI is InChI=1S/C36H47N9O3/c1-43(2)32(47)26-12-14-29-24(19-26)10-11-25-20-27(33(48)44(3)4)13-15-30(25)36(29,34-39-41-42-40-34)23-35(16-6-5-7-17-35)38-22-31(46)45-18-8-9-28(45)21-37/h12-15,19-20,24,28-29,38H,5-11,16-18,22-23H2,1-4H3,(H,39,40,41,42). The molecule has 6 rings (SSSR count). The number of likely N-dealkylation sites (N-methyl/N-ethyl adjacent to an activating group) is 1. The van der Waals surface area contributed by atoms with E-state index >= 15 is 0 Å². The Bertz CT molecular complexity index is 1630. The van der Waals surface area contributed by atoms with E-state index in [1.54, 1.807) is 42.9 Å². The number of tetrazole rings is 1. The number of allylic oxidation sites excluding steroid dienone is 2. The number of rotatable bonds is 8. The van der Waals surface area contributed by atoms with Gasteiger partial charge in [-0.1, -0.05) is 43.6 Å². The molecule has 1 saturated carbocycles. The molecule has 0 radical (unpaired) electrons. The maximum absolute atomic E-state index is 13.6. The zero-order valence-electron chi connectivity index (χ0n) is 28.5. The fourth-order valence-corrected chi connectivity index (χ4v) is 8.73. The normalized spacial score (nSPS) is 26.0. The first-order chi connectivity index (χ1) is 23.1. The minimum atomic E-state index is -0.768. The quantitative estimate of drug-likeness (QED) is 0.441. The van der Waals surface area contributed by atoms with Crippen LogP contribution in [-0.2, 0) is 21.4 Å². The van der Waals surface area contributed by atoms with Gasteiger partial charge in [0.25, 0.3) is 11.8 Å². The average molecular weight is 654 g/mol. The van der Waals surface area contributed by atoms with Gasteiger partial charge in [0.05, 0.1) is 18.0 Å². The van der Waals surface area contributed by atoms with Crippen LogP contribution in [0.3, 0.4) is 0 Å². The number of H-pyrrole nitrogens is 1. The highest BCUT2D eigenvalue weighted by Gasteiger charge is 2.54. The maximum atomic E-state index is 13.6. The second-order valence-corrected chi connectivity index (χ2v) is 14.4. The minimum absolute atomic E-state index is 0.0114. The number of aryl methyl sites for hydroxylation is 1. The number of aromatic nitrogens is 4. The van der Waals surface area contributed by atoms with Crippen molar-refractivity contribution in [2.45, 2.75) is 81.2 Å². The lowest BCUT2D eigenvalue weighted by molar-refractivity contribution is -0.130. The van der Waals surface area contributed by atoms with E-state index in [1.807, 2.05) is 18.2 Å². The van der Waals surface area contributed by atoms with Gasteiger partial charge >= 0.3 is 0 Å². The van der Waals surface area contributed by atoms with E-state index < -0.39 is 11.0 Å². The van der Waals surface area contributed by atoms with Crippen LogP contribution in [0, 0.1) is 23.2 Å². The number of likely N-dealkylation sites (tertiary alicyclic amines) is 1. The lowest BCUT2D eigenvalue weighted by atomic mass is 9.57. The Morgan fingerprint density at radius 2 is 1.83 bits per heavy atom. The Labute approximate surface area is 282 Å². The number of hydrogen-bond acceptors (Lipinski definition) is 8. The summed E-state index contributed by atoms with van der Waals surface area (Å²) >= 11 is 0. The van der Waals surface area contributed by atoms with Crippen molar-refractivity contribution in [2.75, 3.05) is 41.3 Å². The molecule has 4 aliphatic rings. The van der Waals surface area contributed by atoms with E-state index in [0.717, 1.165) is 56.1 Å². The van der Waals surface area contributed by atoms with E-state index in [-0.39, 0.29) is 42.1 Å². The maximum Gasteiger partial charge on any atom is 0.253 e. The molecule has 0 spiro atoms. The number of nitrogens with zero attached hydrogens (tertiary/aromatic N) is 7. The molecule has 12 heteroatoms. The highest BCUT2D eigenvalue weighted by molar-refractivity contribution is 5.96. The summed E-state index contributed by atoms with van der Waals surface area (Å²) in [6.45, 7) is 0.757. The summed E-state index contributed by atoms with van der Waals surface area (Å²) < 4.78 is 0. The Morgan fingerprint density at radius 3 is 2.52 bits per heavy atom. The fourth-order valence-electron chi connectivity index (χ4n) is 8.73. The van der Waals surface area contributed by atoms with Gasteiger partial charge in [0.2, 0.25) is 5.91 Å². The van der Waals surface area contributed by atoms with E-state index in [9.17, 15) is 19.6 Å². The molecule has 1 aromatic carbocycles. The zero-order valence-corrected chi connectivity index (χ0v) is 28.5. The van der Waals surface area contributed by atoms with Gasteiger partial charge in [0.1, 0.15) is 6.04 Å². The van der Waals surface area contributed by atoms with Crippen LogP contribution in [0.5, 0.6) is 0 Å². The number of amides is 3. The van der Waals surface area contributed by atoms with Gasteiger partial charge in [-0.15, -0.1) is 5.10 Å². The molecule has 2 fully saturated rings. The second kappa shape index (κ2) is 13.6. The summed E-state index contributed by atoms with van der Waals surface area (Å²) in [4.78, 5) is 44.8. The van der Waals surface area contributed by atoms with E-state index in [0.29, 0.717) is 42.8 Å². The number of benzene rings is 1. The summed E-state index contributed by atoms with van der Waals surface area (Å²) in [5.41, 5.74) is 2.21. The summed E-state index contributed by atoms with van der Waals surface area (Å²) in [6, 6.07) is 7.94. The Kier molecular flexibility index (Phi) is 9.52. The van der Waals surface area contributed by atoms with Gasteiger partial charge in [-0.25, -0.2) is 5.10 Å². The molecule has 4 unspecified atom stereocenters. The van der Waals surface area contributed by atoms with Gasteiger partial charge in [-0.05, 0) is 84.6 Å². The van der Waals surface area contributed by atoms with Gasteiger partial charge < -0.3 is 20.0 Å². The summed E-state index contributed by atoms with van der Waals surface area (Å²) in [5, 5.41) is 29.4. The molecule has 12 nitrogen and oxygen atoms in total. The van der Waals surface area contributed by atoms with E-state index in [1.165, 1.54) is 0 Å². The molecule has 1 saturated heterocycles. The average Bonchev–Trinajstić information content (AvgIpc) is 3.80. The van der Waals surface area contributed by atoms with Crippen molar-refractivity contribution in [3.05, 3.63) is 64.5 Å². The Morgan fingerprint density at radius 1 is 1.06 bits per heavy atom. The molecule has 3 aliphatic carbocycles. The summed E-state index contributed by atoms with van der Waals surface area (Å²) in [6.07, 6.45) is 14.8. The lowest BCUT2D eigenvalue weighted by Gasteiger charge is -2.49. The second-order valence-electron chi connectivity index (χ2n) is 14.4. The predicted octanol–water partition coefficient (Wildman–Crippen LogP) is 3.15. The van der Waals surface area contributed by atoms with E-state index in [2.05, 4.69) is 50.2 Å². The van der Waals surface area contributed by atoms with Gasteiger partial charge in [-0.2, -0.15) is 5.26 Å². The predicted molar refractivity (Wildman–Crippen MR) is 179 cm³/mol. The van der Waals surface area contributed by atoms with Crippen molar-refractivity contribution in [1.82, 2.24) is 40.6 Å². The van der Waals surface area contributed by atoms with Crippen molar-refractivity contribution in [3.8, 4) is 6.07 Å². The molecular formula is C36H47N9O3. The lowest BCUT2D eigenvalue weighted by Crippen LogP contribution is -2.57. The van der Waals surface area contributed by atoms with Crippen LogP contribution in [0.1, 0.15) is 85.1 Å². The first-order valence-corrected chi connectivity index (χ1v) is 17.2. The van der Waals surface area contributed by atoms with Crippen LogP contribution >= 0.6 is 0 Å². The molecular weight excluding hydrogens is 606 g/mol. The van der Waals surface area contributed by atoms with Crippen LogP contribution in [0.2, 0.25) is 0 Å². The Hall–Kier alpha value is -4.37. The van der Waals surface area contributed by atoms with Crippen molar-refractivity contribution >= 4 is 17.7 Å². The van der Waals surface area contributed by atoms with Crippen molar-refractivity contribution in [3.63, 3.8) is 0 Å². The summed E-state index contributed by atoms with van der Waals surface area (Å²) in [5.74, 6) is 0.362. The van der Waals surface area contributed by atoms with Crippen LogP contribution in [0.25, 0.3) is 0 Å². The highest BCUT2D eigenvalue weighted by atomic mass is 16.2. The number of fused-ring (bicyclic) bond motifs is 2. The molecule has 1 aliphatic heterocycles. The monoisotopic (exact) mass is 653 g/mol. The van der Waals surface area contributed by atoms with Gasteiger partial charge in [0.15, 0.2) is 5.82 Å². The van der Waals surface area contributed by atoms with Gasteiger partial charge in [-0.3, -0.25) is 14.4 Å². The number of aromatic amines is 1. The topological polar surface area (TPSA) is 151 Å². The smallest absolute Gasteiger partial charge is 0.253 e. The number of nitriles is 1. The van der Waals surface area contributed by atoms with Crippen LogP contribution < -0.4 is 5.32 Å². The molecule has 2 heterocycles. The third kappa shape index (κ3) is 6.16. The zero-order chi connectivity index (χ0) is 34.1. The van der Waals surface area contributed by atoms with Crippen molar-refractivity contribution < 1.29 is 14.4 Å².